The van der Waals surface area contributed by atoms with Gasteiger partial charge in [-0.25, -0.2) is 4.98 Å². The Kier molecular flexibility index (Phi) is 4.55. The second-order valence-corrected chi connectivity index (χ2v) is 6.19. The lowest BCUT2D eigenvalue weighted by atomic mass is 10.2. The molecule has 0 spiro atoms. The van der Waals surface area contributed by atoms with Gasteiger partial charge in [-0.1, -0.05) is 0 Å². The average Bonchev–Trinajstić information content (AvgIpc) is 2.92. The Morgan fingerprint density at radius 3 is 2.90 bits per heavy atom. The van der Waals surface area contributed by atoms with Crippen molar-refractivity contribution in [3.05, 3.63) is 34.8 Å². The van der Waals surface area contributed by atoms with E-state index in [0.717, 1.165) is 42.3 Å². The van der Waals surface area contributed by atoms with Gasteiger partial charge in [-0.2, -0.15) is 0 Å². The lowest BCUT2D eigenvalue weighted by molar-refractivity contribution is 0.318. The van der Waals surface area contributed by atoms with Crippen LogP contribution in [0.25, 0.3) is 10.6 Å². The molecular weight excluding hydrogens is 292 g/mol. The number of halogens is 1. The third-order valence-corrected chi connectivity index (χ3v) is 4.66. The molecule has 0 saturated heterocycles. The maximum absolute atomic E-state index is 5.63. The first-order valence-electron chi connectivity index (χ1n) is 6.85. The molecule has 1 aliphatic rings. The largest absolute Gasteiger partial charge is 0.494 e. The van der Waals surface area contributed by atoms with Crippen molar-refractivity contribution in [1.82, 2.24) is 10.3 Å². The predicted octanol–water partition coefficient (Wildman–Crippen LogP) is 3.46. The number of benzene rings is 1. The van der Waals surface area contributed by atoms with Gasteiger partial charge in [-0.05, 0) is 30.7 Å². The summed E-state index contributed by atoms with van der Waals surface area (Å²) in [5.74, 6) is 1.53. The van der Waals surface area contributed by atoms with Gasteiger partial charge in [0.25, 0.3) is 0 Å². The van der Waals surface area contributed by atoms with Crippen LogP contribution >= 0.6 is 22.9 Å². The zero-order chi connectivity index (χ0) is 13.8. The number of alkyl halides is 1. The van der Waals surface area contributed by atoms with E-state index in [0.29, 0.717) is 12.5 Å². The Morgan fingerprint density at radius 2 is 2.15 bits per heavy atom. The topological polar surface area (TPSA) is 34.1 Å². The standard InChI is InChI=1S/C15H17ClN2OS/c16-7-1-9-19-12-4-2-11(3-5-12)15-18-13-6-8-17-10-14(13)20-15/h2-5,17H,1,6-10H2. The molecule has 1 N–H and O–H groups in total. The molecule has 3 nitrogen and oxygen atoms in total. The smallest absolute Gasteiger partial charge is 0.123 e. The third-order valence-electron chi connectivity index (χ3n) is 3.25. The van der Waals surface area contributed by atoms with Gasteiger partial charge < -0.3 is 10.1 Å². The molecule has 3 rings (SSSR count). The predicted molar refractivity (Wildman–Crippen MR) is 83.8 cm³/mol. The molecule has 0 saturated carbocycles. The fourth-order valence-electron chi connectivity index (χ4n) is 2.19. The first-order valence-corrected chi connectivity index (χ1v) is 8.20. The van der Waals surface area contributed by atoms with Gasteiger partial charge in [0.05, 0.1) is 12.3 Å². The number of ether oxygens (including phenoxy) is 1. The monoisotopic (exact) mass is 308 g/mol. The molecule has 2 aromatic rings. The van der Waals surface area contributed by atoms with Crippen LogP contribution in [0.1, 0.15) is 17.0 Å². The molecule has 1 aromatic heterocycles. The van der Waals surface area contributed by atoms with E-state index in [4.69, 9.17) is 21.3 Å². The van der Waals surface area contributed by atoms with Gasteiger partial charge >= 0.3 is 0 Å². The van der Waals surface area contributed by atoms with Crippen LogP contribution in [0, 0.1) is 0 Å². The molecule has 0 fully saturated rings. The number of hydrogen-bond donors (Lipinski definition) is 1. The summed E-state index contributed by atoms with van der Waals surface area (Å²) in [6, 6.07) is 8.16. The normalized spacial score (nSPS) is 14.1. The number of aromatic nitrogens is 1. The summed E-state index contributed by atoms with van der Waals surface area (Å²) in [4.78, 5) is 6.12. The van der Waals surface area contributed by atoms with Crippen molar-refractivity contribution in [3.63, 3.8) is 0 Å². The summed E-state index contributed by atoms with van der Waals surface area (Å²) in [6.07, 6.45) is 1.90. The Morgan fingerprint density at radius 1 is 1.30 bits per heavy atom. The maximum Gasteiger partial charge on any atom is 0.123 e. The minimum atomic E-state index is 0.636. The van der Waals surface area contributed by atoms with Crippen molar-refractivity contribution in [3.8, 4) is 16.3 Å². The van der Waals surface area contributed by atoms with Crippen LogP contribution in [0.2, 0.25) is 0 Å². The number of thiazole rings is 1. The first kappa shape index (κ1) is 13.9. The highest BCUT2D eigenvalue weighted by Gasteiger charge is 2.15. The number of hydrogen-bond acceptors (Lipinski definition) is 4. The van der Waals surface area contributed by atoms with E-state index in [1.165, 1.54) is 10.6 Å². The minimum Gasteiger partial charge on any atom is -0.494 e. The maximum atomic E-state index is 5.63. The molecule has 20 heavy (non-hydrogen) atoms. The molecule has 106 valence electrons. The van der Waals surface area contributed by atoms with Gasteiger partial charge in [0.2, 0.25) is 0 Å². The van der Waals surface area contributed by atoms with E-state index >= 15 is 0 Å². The zero-order valence-corrected chi connectivity index (χ0v) is 12.8. The average molecular weight is 309 g/mol. The number of rotatable bonds is 5. The fraction of sp³-hybridized carbons (Fsp3) is 0.400. The van der Waals surface area contributed by atoms with Crippen molar-refractivity contribution in [1.29, 1.82) is 0 Å². The highest BCUT2D eigenvalue weighted by Crippen LogP contribution is 2.30. The van der Waals surface area contributed by atoms with E-state index in [-0.39, 0.29) is 0 Å². The van der Waals surface area contributed by atoms with Crippen LogP contribution < -0.4 is 10.1 Å². The summed E-state index contributed by atoms with van der Waals surface area (Å²) in [5, 5.41) is 4.49. The molecule has 0 radical (unpaired) electrons. The Balaban J connectivity index is 1.72. The summed E-state index contributed by atoms with van der Waals surface area (Å²) in [5.41, 5.74) is 2.42. The molecule has 0 bridgehead atoms. The molecule has 0 amide bonds. The molecule has 1 aromatic carbocycles. The van der Waals surface area contributed by atoms with E-state index in [9.17, 15) is 0 Å². The summed E-state index contributed by atoms with van der Waals surface area (Å²) >= 11 is 7.41. The van der Waals surface area contributed by atoms with Crippen LogP contribution in [-0.4, -0.2) is 24.0 Å². The van der Waals surface area contributed by atoms with Gasteiger partial charge in [0, 0.05) is 35.8 Å². The van der Waals surface area contributed by atoms with Crippen LogP contribution in [-0.2, 0) is 13.0 Å². The van der Waals surface area contributed by atoms with E-state index in [1.807, 2.05) is 12.1 Å². The van der Waals surface area contributed by atoms with E-state index in [1.54, 1.807) is 11.3 Å². The highest BCUT2D eigenvalue weighted by atomic mass is 35.5. The van der Waals surface area contributed by atoms with Crippen LogP contribution in [0.15, 0.2) is 24.3 Å². The minimum absolute atomic E-state index is 0.636. The first-order chi connectivity index (χ1) is 9.86. The van der Waals surface area contributed by atoms with Gasteiger partial charge in [-0.3, -0.25) is 0 Å². The summed E-state index contributed by atoms with van der Waals surface area (Å²) in [6.45, 7) is 2.65. The van der Waals surface area contributed by atoms with E-state index < -0.39 is 0 Å². The Labute approximate surface area is 127 Å². The van der Waals surface area contributed by atoms with Gasteiger partial charge in [0.15, 0.2) is 0 Å². The van der Waals surface area contributed by atoms with Crippen molar-refractivity contribution in [2.75, 3.05) is 19.0 Å². The van der Waals surface area contributed by atoms with Crippen molar-refractivity contribution in [2.24, 2.45) is 0 Å². The highest BCUT2D eigenvalue weighted by molar-refractivity contribution is 7.15. The third kappa shape index (κ3) is 3.14. The molecule has 0 unspecified atom stereocenters. The number of nitrogens with zero attached hydrogens (tertiary/aromatic N) is 1. The fourth-order valence-corrected chi connectivity index (χ4v) is 3.38. The quantitative estimate of drug-likeness (QED) is 0.678. The summed E-state index contributed by atoms with van der Waals surface area (Å²) < 4.78 is 5.61. The van der Waals surface area contributed by atoms with Gasteiger partial charge in [0.1, 0.15) is 10.8 Å². The van der Waals surface area contributed by atoms with E-state index in [2.05, 4.69) is 17.4 Å². The Hall–Kier alpha value is -1.10. The lowest BCUT2D eigenvalue weighted by Gasteiger charge is -2.09. The SMILES string of the molecule is ClCCCOc1ccc(-c2nc3c(s2)CNCC3)cc1. The molecule has 2 heterocycles. The van der Waals surface area contributed by atoms with Crippen molar-refractivity contribution in [2.45, 2.75) is 19.4 Å². The molecule has 0 atom stereocenters. The Bertz CT molecular complexity index is 544. The lowest BCUT2D eigenvalue weighted by Crippen LogP contribution is -2.22. The van der Waals surface area contributed by atoms with Crippen LogP contribution in [0.5, 0.6) is 5.75 Å². The van der Waals surface area contributed by atoms with Gasteiger partial charge in [-0.15, -0.1) is 22.9 Å². The number of nitrogens with one attached hydrogen (secondary N) is 1. The summed E-state index contributed by atoms with van der Waals surface area (Å²) in [7, 11) is 0. The van der Waals surface area contributed by atoms with Crippen molar-refractivity contribution >= 4 is 22.9 Å². The second-order valence-electron chi connectivity index (χ2n) is 4.73. The number of fused-ring (bicyclic) bond motifs is 1. The second kappa shape index (κ2) is 6.57. The van der Waals surface area contributed by atoms with Crippen molar-refractivity contribution < 1.29 is 4.74 Å². The van der Waals surface area contributed by atoms with Crippen LogP contribution in [0.3, 0.4) is 0 Å². The molecule has 5 heteroatoms. The molecule has 0 aliphatic carbocycles. The molecule has 1 aliphatic heterocycles. The van der Waals surface area contributed by atoms with Crippen LogP contribution in [0.4, 0.5) is 0 Å². The zero-order valence-electron chi connectivity index (χ0n) is 11.2. The molecular formula is C15H17ClN2OS.